The summed E-state index contributed by atoms with van der Waals surface area (Å²) in [5.41, 5.74) is -1.13. The largest absolute Gasteiger partial charge is 0.419 e. The predicted octanol–water partition coefficient (Wildman–Crippen LogP) is 2.17. The van der Waals surface area contributed by atoms with Crippen molar-refractivity contribution >= 4 is 11.9 Å². The second kappa shape index (κ2) is 3.08. The number of pyridine rings is 1. The average Bonchev–Trinajstić information content (AvgIpc) is 2.57. The summed E-state index contributed by atoms with van der Waals surface area (Å²) < 4.78 is 38.6. The summed E-state index contributed by atoms with van der Waals surface area (Å²) in [5, 5.41) is 0. The van der Waals surface area contributed by atoms with Gasteiger partial charge in [-0.1, -0.05) is 0 Å². The number of halogens is 3. The van der Waals surface area contributed by atoms with Crippen LogP contribution in [0.4, 0.5) is 13.2 Å². The highest BCUT2D eigenvalue weighted by atomic mass is 19.4. The molecule has 2 aromatic heterocycles. The van der Waals surface area contributed by atoms with Crippen LogP contribution in [0.5, 0.6) is 0 Å². The standard InChI is InChI=1S/C9H5F3N2O/c10-9(11,12)7-2-1-3-14-4-6(5-15)13-8(7)14/h1-5H. The minimum atomic E-state index is -4.46. The van der Waals surface area contributed by atoms with Crippen LogP contribution in [-0.2, 0) is 6.18 Å². The van der Waals surface area contributed by atoms with Gasteiger partial charge >= 0.3 is 6.18 Å². The van der Waals surface area contributed by atoms with Crippen molar-refractivity contribution in [3.8, 4) is 0 Å². The summed E-state index contributed by atoms with van der Waals surface area (Å²) in [6, 6.07) is 2.18. The van der Waals surface area contributed by atoms with Gasteiger partial charge in [-0.15, -0.1) is 0 Å². The second-order valence-corrected chi connectivity index (χ2v) is 2.93. The van der Waals surface area contributed by atoms with Crippen molar-refractivity contribution in [3.63, 3.8) is 0 Å². The van der Waals surface area contributed by atoms with Gasteiger partial charge in [-0.3, -0.25) is 4.79 Å². The number of carbonyl (C=O) groups is 1. The van der Waals surface area contributed by atoms with E-state index < -0.39 is 11.7 Å². The van der Waals surface area contributed by atoms with Gasteiger partial charge < -0.3 is 4.40 Å². The molecular weight excluding hydrogens is 209 g/mol. The molecule has 78 valence electrons. The Morgan fingerprint density at radius 2 is 2.13 bits per heavy atom. The fourth-order valence-electron chi connectivity index (χ4n) is 1.31. The Balaban J connectivity index is 2.75. The van der Waals surface area contributed by atoms with Crippen molar-refractivity contribution in [2.75, 3.05) is 0 Å². The van der Waals surface area contributed by atoms with E-state index in [-0.39, 0.29) is 11.3 Å². The zero-order valence-electron chi connectivity index (χ0n) is 7.32. The van der Waals surface area contributed by atoms with E-state index in [4.69, 9.17) is 0 Å². The third kappa shape index (κ3) is 1.58. The first-order valence-corrected chi connectivity index (χ1v) is 4.02. The molecule has 2 heterocycles. The molecule has 0 bridgehead atoms. The number of hydrogen-bond donors (Lipinski definition) is 0. The maximum atomic E-state index is 12.5. The van der Waals surface area contributed by atoms with Crippen molar-refractivity contribution in [2.24, 2.45) is 0 Å². The maximum Gasteiger partial charge on any atom is 0.419 e. The molecule has 3 nitrogen and oxygen atoms in total. The molecule has 0 fully saturated rings. The highest BCUT2D eigenvalue weighted by Crippen LogP contribution is 2.31. The number of nitrogens with zero attached hydrogens (tertiary/aromatic N) is 2. The normalized spacial score (nSPS) is 11.9. The van der Waals surface area contributed by atoms with E-state index in [1.807, 2.05) is 0 Å². The molecule has 6 heteroatoms. The Morgan fingerprint density at radius 1 is 1.40 bits per heavy atom. The SMILES string of the molecule is O=Cc1cn2cccc(C(F)(F)F)c2n1. The van der Waals surface area contributed by atoms with Crippen molar-refractivity contribution in [2.45, 2.75) is 6.18 Å². The molecule has 15 heavy (non-hydrogen) atoms. The Morgan fingerprint density at radius 3 is 2.73 bits per heavy atom. The summed E-state index contributed by atoms with van der Waals surface area (Å²) >= 11 is 0. The highest BCUT2D eigenvalue weighted by molar-refractivity contribution is 5.73. The first-order chi connectivity index (χ1) is 7.02. The quantitative estimate of drug-likeness (QED) is 0.682. The first kappa shape index (κ1) is 9.70. The lowest BCUT2D eigenvalue weighted by Crippen LogP contribution is -2.07. The molecule has 0 aromatic carbocycles. The number of carbonyl (C=O) groups excluding carboxylic acids is 1. The summed E-state index contributed by atoms with van der Waals surface area (Å²) in [6.45, 7) is 0. The van der Waals surface area contributed by atoms with Gasteiger partial charge in [-0.25, -0.2) is 4.98 Å². The van der Waals surface area contributed by atoms with Crippen LogP contribution in [0.25, 0.3) is 5.65 Å². The molecule has 2 aromatic rings. The first-order valence-electron chi connectivity index (χ1n) is 4.02. The summed E-state index contributed by atoms with van der Waals surface area (Å²) in [4.78, 5) is 14.0. The minimum absolute atomic E-state index is 0.0216. The van der Waals surface area contributed by atoms with Crippen LogP contribution in [0.3, 0.4) is 0 Å². The topological polar surface area (TPSA) is 34.4 Å². The lowest BCUT2D eigenvalue weighted by atomic mass is 10.2. The predicted molar refractivity (Wildman–Crippen MR) is 45.6 cm³/mol. The van der Waals surface area contributed by atoms with Gasteiger partial charge in [0.1, 0.15) is 11.3 Å². The molecular formula is C9H5F3N2O. The van der Waals surface area contributed by atoms with Crippen molar-refractivity contribution in [1.29, 1.82) is 0 Å². The number of imidazole rings is 1. The van der Waals surface area contributed by atoms with Gasteiger partial charge in [0.05, 0.1) is 5.56 Å². The molecule has 0 aliphatic carbocycles. The van der Waals surface area contributed by atoms with Crippen molar-refractivity contribution in [3.05, 3.63) is 35.8 Å². The van der Waals surface area contributed by atoms with Crippen molar-refractivity contribution in [1.82, 2.24) is 9.38 Å². The van der Waals surface area contributed by atoms with Gasteiger partial charge in [0.25, 0.3) is 0 Å². The van der Waals surface area contributed by atoms with E-state index in [0.29, 0.717) is 6.29 Å². The molecule has 0 radical (unpaired) electrons. The molecule has 0 aliphatic rings. The van der Waals surface area contributed by atoms with E-state index >= 15 is 0 Å². The van der Waals surface area contributed by atoms with E-state index in [1.165, 1.54) is 22.9 Å². The number of hydrogen-bond acceptors (Lipinski definition) is 2. The molecule has 0 saturated carbocycles. The molecule has 0 spiro atoms. The number of rotatable bonds is 1. The molecule has 0 atom stereocenters. The average molecular weight is 214 g/mol. The van der Waals surface area contributed by atoms with E-state index in [1.54, 1.807) is 0 Å². The molecule has 0 saturated heterocycles. The third-order valence-corrected chi connectivity index (χ3v) is 1.93. The lowest BCUT2D eigenvalue weighted by Gasteiger charge is -2.06. The van der Waals surface area contributed by atoms with Crippen LogP contribution < -0.4 is 0 Å². The monoisotopic (exact) mass is 214 g/mol. The Kier molecular flexibility index (Phi) is 1.99. The number of aromatic nitrogens is 2. The second-order valence-electron chi connectivity index (χ2n) is 2.93. The Labute approximate surface area is 82.2 Å². The number of aldehydes is 1. The molecule has 2 rings (SSSR count). The summed E-state index contributed by atoms with van der Waals surface area (Å²) in [5.74, 6) is 0. The Hall–Kier alpha value is -1.85. The summed E-state index contributed by atoms with van der Waals surface area (Å²) in [7, 11) is 0. The van der Waals surface area contributed by atoms with E-state index in [9.17, 15) is 18.0 Å². The van der Waals surface area contributed by atoms with Gasteiger partial charge in [-0.05, 0) is 12.1 Å². The lowest BCUT2D eigenvalue weighted by molar-refractivity contribution is -0.136. The van der Waals surface area contributed by atoms with Crippen LogP contribution in [0, 0.1) is 0 Å². The van der Waals surface area contributed by atoms with Crippen LogP contribution >= 0.6 is 0 Å². The Bertz CT molecular complexity index is 516. The smallest absolute Gasteiger partial charge is 0.306 e. The van der Waals surface area contributed by atoms with E-state index in [2.05, 4.69) is 4.98 Å². The number of alkyl halides is 3. The molecule has 0 amide bonds. The third-order valence-electron chi connectivity index (χ3n) is 1.93. The van der Waals surface area contributed by atoms with Gasteiger partial charge in [0, 0.05) is 12.4 Å². The zero-order valence-corrected chi connectivity index (χ0v) is 7.32. The maximum absolute atomic E-state index is 12.5. The van der Waals surface area contributed by atoms with Crippen molar-refractivity contribution < 1.29 is 18.0 Å². The van der Waals surface area contributed by atoms with Crippen LogP contribution in [0.2, 0.25) is 0 Å². The van der Waals surface area contributed by atoms with E-state index in [0.717, 1.165) is 6.07 Å². The van der Waals surface area contributed by atoms with Gasteiger partial charge in [0.2, 0.25) is 0 Å². The van der Waals surface area contributed by atoms with Crippen LogP contribution in [0.15, 0.2) is 24.5 Å². The fraction of sp³-hybridized carbons (Fsp3) is 0.111. The number of fused-ring (bicyclic) bond motifs is 1. The fourth-order valence-corrected chi connectivity index (χ4v) is 1.31. The van der Waals surface area contributed by atoms with Crippen LogP contribution in [-0.4, -0.2) is 15.7 Å². The zero-order chi connectivity index (χ0) is 11.1. The van der Waals surface area contributed by atoms with Gasteiger partial charge in [-0.2, -0.15) is 13.2 Å². The molecule has 0 aliphatic heterocycles. The highest BCUT2D eigenvalue weighted by Gasteiger charge is 2.33. The van der Waals surface area contributed by atoms with Crippen LogP contribution in [0.1, 0.15) is 16.1 Å². The molecule has 0 N–H and O–H groups in total. The minimum Gasteiger partial charge on any atom is -0.306 e. The van der Waals surface area contributed by atoms with Gasteiger partial charge in [0.15, 0.2) is 6.29 Å². The summed E-state index contributed by atoms with van der Waals surface area (Å²) in [6.07, 6.45) is -1.40. The molecule has 0 unspecified atom stereocenters.